The highest BCUT2D eigenvalue weighted by Crippen LogP contribution is 2.38. The molecule has 0 bridgehead atoms. The van der Waals surface area contributed by atoms with Crippen LogP contribution in [-0.4, -0.2) is 41.9 Å². The van der Waals surface area contributed by atoms with Gasteiger partial charge in [0, 0.05) is 48.3 Å². The lowest BCUT2D eigenvalue weighted by Gasteiger charge is -2.22. The Morgan fingerprint density at radius 2 is 2.06 bits per heavy atom. The third-order valence-corrected chi connectivity index (χ3v) is 6.27. The first-order valence-corrected chi connectivity index (χ1v) is 11.2. The summed E-state index contributed by atoms with van der Waals surface area (Å²) < 4.78 is 26.0. The van der Waals surface area contributed by atoms with E-state index >= 15 is 4.39 Å². The number of hydrogen-bond donors (Lipinski definition) is 3. The van der Waals surface area contributed by atoms with Crippen LogP contribution in [0.3, 0.4) is 0 Å². The van der Waals surface area contributed by atoms with Gasteiger partial charge in [0.15, 0.2) is 5.82 Å². The van der Waals surface area contributed by atoms with Gasteiger partial charge in [0.1, 0.15) is 11.9 Å². The number of benzene rings is 1. The van der Waals surface area contributed by atoms with Crippen LogP contribution in [0.1, 0.15) is 30.5 Å². The van der Waals surface area contributed by atoms with Crippen molar-refractivity contribution in [3.63, 3.8) is 0 Å². The molecule has 172 valence electrons. The molecule has 3 aromatic rings. The first kappa shape index (κ1) is 21.4. The summed E-state index contributed by atoms with van der Waals surface area (Å²) in [6.07, 6.45) is 5.67. The van der Waals surface area contributed by atoms with Gasteiger partial charge in [-0.15, -0.1) is 0 Å². The second-order valence-corrected chi connectivity index (χ2v) is 8.43. The van der Waals surface area contributed by atoms with E-state index in [0.717, 1.165) is 36.3 Å². The predicted octanol–water partition coefficient (Wildman–Crippen LogP) is 4.41. The molecule has 4 heterocycles. The van der Waals surface area contributed by atoms with E-state index in [1.165, 1.54) is 6.20 Å². The highest BCUT2D eigenvalue weighted by molar-refractivity contribution is 5.99. The third kappa shape index (κ3) is 4.16. The number of carbonyl (C=O) groups is 1. The summed E-state index contributed by atoms with van der Waals surface area (Å²) in [7, 11) is 0. The standard InChI is InChI=1S/C24H26FN5O3/c1-13-17(11-28-19-3-2-6-27-23(13)19)16-9-14-10-20(29-12-18(14)22(26)21(16)25)30-24(31)33-15-4-7-32-8-5-15/h9-12,15,27H,2-8,26H2,1H3,(H,29,30,31). The second kappa shape index (κ2) is 8.82. The van der Waals surface area contributed by atoms with Crippen LogP contribution in [-0.2, 0) is 15.9 Å². The van der Waals surface area contributed by atoms with Gasteiger partial charge in [-0.3, -0.25) is 10.3 Å². The largest absolute Gasteiger partial charge is 0.446 e. The number of nitrogens with zero attached hydrogens (tertiary/aromatic N) is 2. The fraction of sp³-hybridized carbons (Fsp3) is 0.375. The number of hydrogen-bond acceptors (Lipinski definition) is 7. The first-order chi connectivity index (χ1) is 16.0. The van der Waals surface area contributed by atoms with E-state index in [1.54, 1.807) is 18.3 Å². The Morgan fingerprint density at radius 3 is 2.88 bits per heavy atom. The topological polar surface area (TPSA) is 111 Å². The molecule has 0 atom stereocenters. The van der Waals surface area contributed by atoms with Crippen molar-refractivity contribution in [3.05, 3.63) is 41.6 Å². The fourth-order valence-electron chi connectivity index (χ4n) is 4.46. The lowest BCUT2D eigenvalue weighted by molar-refractivity contribution is 0.00590. The number of halogens is 1. The zero-order valence-electron chi connectivity index (χ0n) is 18.4. The molecule has 1 aromatic carbocycles. The molecule has 0 saturated carbocycles. The lowest BCUT2D eigenvalue weighted by atomic mass is 9.95. The molecular formula is C24H26FN5O3. The number of aryl methyl sites for hydroxylation is 1. The number of carbonyl (C=O) groups excluding carboxylic acids is 1. The van der Waals surface area contributed by atoms with Crippen LogP contribution in [0.5, 0.6) is 0 Å². The summed E-state index contributed by atoms with van der Waals surface area (Å²) in [5, 5.41) is 7.17. The van der Waals surface area contributed by atoms with Gasteiger partial charge in [0.2, 0.25) is 0 Å². The highest BCUT2D eigenvalue weighted by Gasteiger charge is 2.21. The van der Waals surface area contributed by atoms with E-state index in [2.05, 4.69) is 20.6 Å². The van der Waals surface area contributed by atoms with Gasteiger partial charge in [-0.25, -0.2) is 14.2 Å². The van der Waals surface area contributed by atoms with Gasteiger partial charge in [-0.2, -0.15) is 0 Å². The molecule has 1 fully saturated rings. The predicted molar refractivity (Wildman–Crippen MR) is 125 cm³/mol. The van der Waals surface area contributed by atoms with Gasteiger partial charge >= 0.3 is 6.09 Å². The van der Waals surface area contributed by atoms with Crippen molar-refractivity contribution < 1.29 is 18.7 Å². The van der Waals surface area contributed by atoms with Crippen molar-refractivity contribution in [3.8, 4) is 11.1 Å². The number of rotatable bonds is 3. The number of amides is 1. The Morgan fingerprint density at radius 1 is 1.24 bits per heavy atom. The minimum Gasteiger partial charge on any atom is -0.446 e. The van der Waals surface area contributed by atoms with E-state index in [-0.39, 0.29) is 11.8 Å². The summed E-state index contributed by atoms with van der Waals surface area (Å²) in [4.78, 5) is 21.1. The molecule has 5 rings (SSSR count). The van der Waals surface area contributed by atoms with Crippen LogP contribution in [0, 0.1) is 12.7 Å². The SMILES string of the molecule is Cc1c(-c2cc3cc(NC(=O)OC4CCOCC4)ncc3c(N)c2F)cnc2c1NCCC2. The maximum Gasteiger partial charge on any atom is 0.413 e. The molecule has 33 heavy (non-hydrogen) atoms. The second-order valence-electron chi connectivity index (χ2n) is 8.43. The van der Waals surface area contributed by atoms with Crippen molar-refractivity contribution in [1.29, 1.82) is 0 Å². The van der Waals surface area contributed by atoms with Gasteiger partial charge < -0.3 is 20.5 Å². The fourth-order valence-corrected chi connectivity index (χ4v) is 4.46. The molecule has 2 aliphatic rings. The van der Waals surface area contributed by atoms with E-state index in [4.69, 9.17) is 15.2 Å². The number of nitrogen functional groups attached to an aromatic ring is 1. The molecule has 1 amide bonds. The molecule has 2 aliphatic heterocycles. The zero-order chi connectivity index (χ0) is 22.9. The van der Waals surface area contributed by atoms with Crippen molar-refractivity contribution in [2.24, 2.45) is 0 Å². The van der Waals surface area contributed by atoms with Gasteiger partial charge in [-0.05, 0) is 42.8 Å². The number of fused-ring (bicyclic) bond motifs is 2. The Hall–Kier alpha value is -3.46. The van der Waals surface area contributed by atoms with Crippen LogP contribution in [0.4, 0.5) is 26.4 Å². The third-order valence-electron chi connectivity index (χ3n) is 6.27. The van der Waals surface area contributed by atoms with Crippen LogP contribution >= 0.6 is 0 Å². The summed E-state index contributed by atoms with van der Waals surface area (Å²) in [6.45, 7) is 3.98. The number of pyridine rings is 2. The molecule has 8 nitrogen and oxygen atoms in total. The average Bonchev–Trinajstić information content (AvgIpc) is 2.82. The zero-order valence-corrected chi connectivity index (χ0v) is 18.4. The smallest absolute Gasteiger partial charge is 0.413 e. The van der Waals surface area contributed by atoms with Crippen molar-refractivity contribution in [1.82, 2.24) is 9.97 Å². The average molecular weight is 452 g/mol. The monoisotopic (exact) mass is 451 g/mol. The maximum absolute atomic E-state index is 15.3. The van der Waals surface area contributed by atoms with Crippen LogP contribution in [0.15, 0.2) is 24.5 Å². The van der Waals surface area contributed by atoms with Crippen molar-refractivity contribution >= 4 is 34.1 Å². The number of nitrogens with one attached hydrogen (secondary N) is 2. The Bertz CT molecular complexity index is 1230. The molecule has 0 spiro atoms. The van der Waals surface area contributed by atoms with Crippen LogP contribution < -0.4 is 16.4 Å². The molecule has 1 saturated heterocycles. The molecule has 2 aromatic heterocycles. The normalized spacial score (nSPS) is 16.2. The van der Waals surface area contributed by atoms with Gasteiger partial charge in [0.25, 0.3) is 0 Å². The lowest BCUT2D eigenvalue weighted by Crippen LogP contribution is -2.28. The van der Waals surface area contributed by atoms with Crippen LogP contribution in [0.25, 0.3) is 21.9 Å². The number of aromatic nitrogens is 2. The number of anilines is 3. The molecule has 4 N–H and O–H groups in total. The Kier molecular flexibility index (Phi) is 5.72. The highest BCUT2D eigenvalue weighted by atomic mass is 19.1. The maximum atomic E-state index is 15.3. The summed E-state index contributed by atoms with van der Waals surface area (Å²) in [6, 6.07) is 3.39. The minimum atomic E-state index is -0.579. The minimum absolute atomic E-state index is 0.0106. The molecule has 9 heteroatoms. The first-order valence-electron chi connectivity index (χ1n) is 11.2. The quantitative estimate of drug-likeness (QED) is 0.506. The Balaban J connectivity index is 1.47. The van der Waals surface area contributed by atoms with E-state index < -0.39 is 11.9 Å². The molecular weight excluding hydrogens is 425 g/mol. The van der Waals surface area contributed by atoms with Crippen LogP contribution in [0.2, 0.25) is 0 Å². The Labute approximate surface area is 190 Å². The summed E-state index contributed by atoms with van der Waals surface area (Å²) in [5.41, 5.74) is 10.1. The van der Waals surface area contributed by atoms with Crippen molar-refractivity contribution in [2.45, 2.75) is 38.7 Å². The van der Waals surface area contributed by atoms with Gasteiger partial charge in [-0.1, -0.05) is 0 Å². The molecule has 0 aliphatic carbocycles. The van der Waals surface area contributed by atoms with E-state index in [0.29, 0.717) is 53.8 Å². The summed E-state index contributed by atoms with van der Waals surface area (Å²) in [5.74, 6) is -0.205. The van der Waals surface area contributed by atoms with Crippen molar-refractivity contribution in [2.75, 3.05) is 36.1 Å². The van der Waals surface area contributed by atoms with E-state index in [9.17, 15) is 4.79 Å². The molecule has 0 unspecified atom stereocenters. The summed E-state index contributed by atoms with van der Waals surface area (Å²) >= 11 is 0. The number of nitrogens with two attached hydrogens (primary N) is 1. The van der Waals surface area contributed by atoms with E-state index in [1.807, 2.05) is 6.92 Å². The molecule has 0 radical (unpaired) electrons. The van der Waals surface area contributed by atoms with Gasteiger partial charge in [0.05, 0.1) is 30.3 Å². The number of ether oxygens (including phenoxy) is 2.